The van der Waals surface area contributed by atoms with Crippen LogP contribution < -0.4 is 20.1 Å². The van der Waals surface area contributed by atoms with Crippen LogP contribution in [0.3, 0.4) is 0 Å². The topological polar surface area (TPSA) is 114 Å². The van der Waals surface area contributed by atoms with Crippen LogP contribution in [0.4, 0.5) is 0 Å². The van der Waals surface area contributed by atoms with Gasteiger partial charge in [0.1, 0.15) is 6.04 Å². The maximum absolute atomic E-state index is 12.0. The molecule has 0 bridgehead atoms. The van der Waals surface area contributed by atoms with Crippen LogP contribution in [0.5, 0.6) is 11.5 Å². The number of ether oxygens (including phenoxy) is 2. The minimum Gasteiger partial charge on any atom is -0.480 e. The Kier molecular flexibility index (Phi) is 5.62. The molecule has 24 heavy (non-hydrogen) atoms. The number of carbonyl (C=O) groups excluding carboxylic acids is 2. The number of fused-ring (bicyclic) bond motifs is 1. The Morgan fingerprint density at radius 2 is 1.92 bits per heavy atom. The van der Waals surface area contributed by atoms with Gasteiger partial charge in [-0.25, -0.2) is 4.79 Å². The molecule has 1 aliphatic rings. The zero-order valence-corrected chi connectivity index (χ0v) is 13.5. The van der Waals surface area contributed by atoms with E-state index in [1.807, 2.05) is 13.8 Å². The first kappa shape index (κ1) is 17.6. The number of nitrogens with one attached hydrogen (secondary N) is 2. The fraction of sp³-hybridized carbons (Fsp3) is 0.438. The summed E-state index contributed by atoms with van der Waals surface area (Å²) in [4.78, 5) is 35.0. The lowest BCUT2D eigenvalue weighted by Crippen LogP contribution is -2.46. The van der Waals surface area contributed by atoms with Crippen LogP contribution in [0.1, 0.15) is 30.6 Å². The molecular weight excluding hydrogens is 316 g/mol. The number of carbonyl (C=O) groups is 3. The van der Waals surface area contributed by atoms with E-state index in [-0.39, 0.29) is 19.3 Å². The minimum absolute atomic E-state index is 0.106. The SMILES string of the molecule is CC(C)C[C@H](NC(=O)CNC(=O)c1ccc2c(c1)OCO2)C(=O)O. The first-order valence-electron chi connectivity index (χ1n) is 7.57. The lowest BCUT2D eigenvalue weighted by molar-refractivity contribution is -0.142. The lowest BCUT2D eigenvalue weighted by Gasteiger charge is -2.16. The zero-order valence-electron chi connectivity index (χ0n) is 13.5. The van der Waals surface area contributed by atoms with Gasteiger partial charge in [-0.05, 0) is 30.5 Å². The standard InChI is InChI=1S/C16H20N2O6/c1-9(2)5-11(16(21)22)18-14(19)7-17-15(20)10-3-4-12-13(6-10)24-8-23-12/h3-4,6,9,11H,5,7-8H2,1-2H3,(H,17,20)(H,18,19)(H,21,22)/t11-/m0/s1. The van der Waals surface area contributed by atoms with E-state index in [0.29, 0.717) is 23.5 Å². The Hall–Kier alpha value is -2.77. The van der Waals surface area contributed by atoms with Crippen LogP contribution in [0.25, 0.3) is 0 Å². The third kappa shape index (κ3) is 4.61. The number of benzene rings is 1. The van der Waals surface area contributed by atoms with Gasteiger partial charge in [0.25, 0.3) is 5.91 Å². The van der Waals surface area contributed by atoms with Gasteiger partial charge in [-0.1, -0.05) is 13.8 Å². The predicted molar refractivity (Wildman–Crippen MR) is 83.9 cm³/mol. The molecular formula is C16H20N2O6. The van der Waals surface area contributed by atoms with Gasteiger partial charge in [-0.3, -0.25) is 9.59 Å². The highest BCUT2D eigenvalue weighted by Crippen LogP contribution is 2.32. The smallest absolute Gasteiger partial charge is 0.326 e. The summed E-state index contributed by atoms with van der Waals surface area (Å²) in [6.07, 6.45) is 0.317. The number of amides is 2. The number of rotatable bonds is 7. The molecule has 130 valence electrons. The van der Waals surface area contributed by atoms with Crippen molar-refractivity contribution in [1.29, 1.82) is 0 Å². The van der Waals surface area contributed by atoms with Crippen molar-refractivity contribution in [3.63, 3.8) is 0 Å². The number of hydrogen-bond acceptors (Lipinski definition) is 5. The number of aliphatic carboxylic acids is 1. The Morgan fingerprint density at radius 3 is 2.58 bits per heavy atom. The Morgan fingerprint density at radius 1 is 1.21 bits per heavy atom. The predicted octanol–water partition coefficient (Wildman–Crippen LogP) is 0.761. The van der Waals surface area contributed by atoms with Crippen LogP contribution in [0.2, 0.25) is 0 Å². The summed E-state index contributed by atoms with van der Waals surface area (Å²) in [5.41, 5.74) is 0.323. The molecule has 1 heterocycles. The second-order valence-electron chi connectivity index (χ2n) is 5.84. The summed E-state index contributed by atoms with van der Waals surface area (Å²) in [6, 6.07) is 3.72. The summed E-state index contributed by atoms with van der Waals surface area (Å²) in [7, 11) is 0. The number of carboxylic acids is 1. The summed E-state index contributed by atoms with van der Waals surface area (Å²) in [5, 5.41) is 13.9. The Labute approximate surface area is 139 Å². The van der Waals surface area contributed by atoms with Gasteiger partial charge in [0.2, 0.25) is 12.7 Å². The van der Waals surface area contributed by atoms with Crippen molar-refractivity contribution in [3.8, 4) is 11.5 Å². The molecule has 0 saturated heterocycles. The Bertz CT molecular complexity index is 643. The molecule has 1 aliphatic heterocycles. The second kappa shape index (κ2) is 7.67. The first-order chi connectivity index (χ1) is 11.4. The number of hydrogen-bond donors (Lipinski definition) is 3. The molecule has 0 aromatic heterocycles. The molecule has 3 N–H and O–H groups in total. The van der Waals surface area contributed by atoms with Gasteiger partial charge in [0.05, 0.1) is 6.54 Å². The molecule has 2 amide bonds. The van der Waals surface area contributed by atoms with Crippen LogP contribution in [0.15, 0.2) is 18.2 Å². The second-order valence-corrected chi connectivity index (χ2v) is 5.84. The highest BCUT2D eigenvalue weighted by molar-refractivity contribution is 5.97. The molecule has 0 radical (unpaired) electrons. The number of carboxylic acid groups (broad SMARTS) is 1. The van der Waals surface area contributed by atoms with E-state index >= 15 is 0 Å². The quantitative estimate of drug-likeness (QED) is 0.677. The molecule has 2 rings (SSSR count). The molecule has 8 heteroatoms. The fourth-order valence-corrected chi connectivity index (χ4v) is 2.24. The third-order valence-corrected chi connectivity index (χ3v) is 3.38. The molecule has 0 unspecified atom stereocenters. The van der Waals surface area contributed by atoms with Crippen LogP contribution >= 0.6 is 0 Å². The monoisotopic (exact) mass is 336 g/mol. The molecule has 1 aromatic carbocycles. The summed E-state index contributed by atoms with van der Waals surface area (Å²) >= 11 is 0. The summed E-state index contributed by atoms with van der Waals surface area (Å²) < 4.78 is 10.3. The van der Waals surface area contributed by atoms with Crippen molar-refractivity contribution in [2.45, 2.75) is 26.3 Å². The van der Waals surface area contributed by atoms with Crippen molar-refractivity contribution < 1.29 is 29.0 Å². The zero-order chi connectivity index (χ0) is 17.7. The maximum atomic E-state index is 12.0. The van der Waals surface area contributed by atoms with E-state index in [1.54, 1.807) is 12.1 Å². The van der Waals surface area contributed by atoms with E-state index in [0.717, 1.165) is 0 Å². The molecule has 0 spiro atoms. The average Bonchev–Trinajstić information content (AvgIpc) is 2.98. The van der Waals surface area contributed by atoms with E-state index in [4.69, 9.17) is 14.6 Å². The van der Waals surface area contributed by atoms with Gasteiger partial charge < -0.3 is 25.2 Å². The normalized spacial score (nSPS) is 13.5. The van der Waals surface area contributed by atoms with Crippen molar-refractivity contribution in [2.75, 3.05) is 13.3 Å². The van der Waals surface area contributed by atoms with Gasteiger partial charge in [-0.15, -0.1) is 0 Å². The van der Waals surface area contributed by atoms with Crippen molar-refractivity contribution in [2.24, 2.45) is 5.92 Å². The lowest BCUT2D eigenvalue weighted by atomic mass is 10.0. The molecule has 0 aliphatic carbocycles. The van der Waals surface area contributed by atoms with Crippen molar-refractivity contribution in [1.82, 2.24) is 10.6 Å². The minimum atomic E-state index is -1.10. The largest absolute Gasteiger partial charge is 0.480 e. The molecule has 1 aromatic rings. The van der Waals surface area contributed by atoms with Gasteiger partial charge in [0, 0.05) is 5.56 Å². The molecule has 8 nitrogen and oxygen atoms in total. The van der Waals surface area contributed by atoms with Crippen LogP contribution in [-0.4, -0.2) is 42.3 Å². The van der Waals surface area contributed by atoms with Crippen molar-refractivity contribution in [3.05, 3.63) is 23.8 Å². The average molecular weight is 336 g/mol. The molecule has 0 fully saturated rings. The van der Waals surface area contributed by atoms with E-state index in [2.05, 4.69) is 10.6 Å². The third-order valence-electron chi connectivity index (χ3n) is 3.38. The highest BCUT2D eigenvalue weighted by Gasteiger charge is 2.21. The Balaban J connectivity index is 1.86. The van der Waals surface area contributed by atoms with Gasteiger partial charge >= 0.3 is 5.97 Å². The van der Waals surface area contributed by atoms with E-state index in [1.165, 1.54) is 6.07 Å². The van der Waals surface area contributed by atoms with E-state index < -0.39 is 23.8 Å². The van der Waals surface area contributed by atoms with Crippen molar-refractivity contribution >= 4 is 17.8 Å². The van der Waals surface area contributed by atoms with Gasteiger partial charge in [-0.2, -0.15) is 0 Å². The fourth-order valence-electron chi connectivity index (χ4n) is 2.24. The highest BCUT2D eigenvalue weighted by atomic mass is 16.7. The first-order valence-corrected chi connectivity index (χ1v) is 7.57. The van der Waals surface area contributed by atoms with Crippen LogP contribution in [-0.2, 0) is 9.59 Å². The van der Waals surface area contributed by atoms with E-state index in [9.17, 15) is 14.4 Å². The summed E-state index contributed by atoms with van der Waals surface area (Å²) in [5.74, 6) is -0.970. The molecule has 0 saturated carbocycles. The van der Waals surface area contributed by atoms with Crippen LogP contribution in [0, 0.1) is 5.92 Å². The summed E-state index contributed by atoms with van der Waals surface area (Å²) in [6.45, 7) is 3.53. The molecule has 1 atom stereocenters. The van der Waals surface area contributed by atoms with Gasteiger partial charge in [0.15, 0.2) is 11.5 Å². The maximum Gasteiger partial charge on any atom is 0.326 e.